The van der Waals surface area contributed by atoms with E-state index in [0.29, 0.717) is 75.4 Å². The van der Waals surface area contributed by atoms with Gasteiger partial charge in [0.1, 0.15) is 74.1 Å². The number of aliphatic carboxylic acids is 5. The van der Waals surface area contributed by atoms with Crippen LogP contribution in [-0.2, 0) is 69.8 Å². The maximum absolute atomic E-state index is 12.4. The van der Waals surface area contributed by atoms with Crippen molar-refractivity contribution in [1.82, 2.24) is 24.9 Å². The molecule has 9 aromatic carbocycles. The maximum Gasteiger partial charge on any atom is 0.494 e. The molecule has 14 aromatic rings. The molecule has 48 heteroatoms. The molecule has 0 radical (unpaired) electrons. The molecule has 3 saturated heterocycles. The molecule has 5 atom stereocenters. The van der Waals surface area contributed by atoms with Gasteiger partial charge < -0.3 is 84.6 Å². The minimum atomic E-state index is -0.936. The topological polar surface area (TPSA) is 508 Å². The Morgan fingerprint density at radius 2 is 0.685 bits per heavy atom. The number of aliphatic imine (C=N–C) groups is 5. The first-order chi connectivity index (χ1) is 70.7. The molecule has 772 valence electrons. The Bertz CT molecular complexity index is 7370. The van der Waals surface area contributed by atoms with E-state index in [0.717, 1.165) is 111 Å². The lowest BCUT2D eigenvalue weighted by Crippen LogP contribution is -2.41. The molecule has 12 N–H and O–H groups in total. The number of benzene rings is 9. The number of ether oxygens (including phenoxy) is 2. The predicted molar refractivity (Wildman–Crippen MR) is 611 cm³/mol. The first-order valence-corrected chi connectivity index (χ1v) is 56.5. The molecule has 0 aliphatic carbocycles. The molecule has 149 heavy (non-hydrogen) atoms. The van der Waals surface area contributed by atoms with E-state index in [2.05, 4.69) is 77.8 Å². The molecule has 8 aliphatic rings. The summed E-state index contributed by atoms with van der Waals surface area (Å²) in [6, 6.07) is 55.0. The van der Waals surface area contributed by atoms with Crippen LogP contribution in [0, 0.1) is 10.5 Å². The van der Waals surface area contributed by atoms with Crippen LogP contribution in [0.4, 0.5) is 21.9 Å². The van der Waals surface area contributed by atoms with Crippen molar-refractivity contribution in [3.8, 4) is 17.2 Å². The van der Waals surface area contributed by atoms with Gasteiger partial charge in [-0.3, -0.25) is 30.3 Å². The predicted octanol–water partition coefficient (Wildman–Crippen LogP) is 18.3. The second-order valence-electron chi connectivity index (χ2n) is 37.6. The number of rotatable bonds is 19. The number of carbonyl (C=O) groups is 6. The molecule has 5 aromatic heterocycles. The third-order valence-corrected chi connectivity index (χ3v) is 36.8. The van der Waals surface area contributed by atoms with Crippen molar-refractivity contribution in [2.45, 2.75) is 167 Å². The maximum atomic E-state index is 12.4. The van der Waals surface area contributed by atoms with E-state index in [1.54, 1.807) is 36.4 Å². The number of aryl methyl sites for hydroxylation is 1. The number of nitrogens with zero attached hydrogens (tertiary/aromatic N) is 10. The molecule has 34 nitrogen and oxygen atoms in total. The number of aliphatic hydroxyl groups is 1. The highest BCUT2D eigenvalue weighted by atomic mass is 127. The van der Waals surface area contributed by atoms with Crippen molar-refractivity contribution < 1.29 is 102 Å². The Hall–Kier alpha value is -11.0. The number of amides is 1. The third-order valence-electron chi connectivity index (χ3n) is 25.0. The average molecular weight is 2310 g/mol. The third kappa shape index (κ3) is 27.2. The summed E-state index contributed by atoms with van der Waals surface area (Å²) in [7, 11) is -1.18. The van der Waals surface area contributed by atoms with Crippen LogP contribution in [-0.4, -0.2) is 236 Å². The minimum Gasteiger partial charge on any atom is -0.508 e. The summed E-state index contributed by atoms with van der Waals surface area (Å²) < 4.78 is 53.5. The van der Waals surface area contributed by atoms with E-state index < -0.39 is 91.6 Å². The van der Waals surface area contributed by atoms with E-state index in [9.17, 15) is 33.9 Å². The molecule has 0 saturated carbocycles. The van der Waals surface area contributed by atoms with Gasteiger partial charge in [0.25, 0.3) is 0 Å². The van der Waals surface area contributed by atoms with Crippen molar-refractivity contribution in [2.24, 2.45) is 25.0 Å². The number of carbonyl (C=O) groups excluding carboxylic acids is 1. The van der Waals surface area contributed by atoms with Crippen LogP contribution < -0.4 is 37.9 Å². The Morgan fingerprint density at radius 1 is 0.376 bits per heavy atom. The van der Waals surface area contributed by atoms with Gasteiger partial charge >= 0.3 is 57.3 Å². The number of nitrogens with two attached hydrogens (primary N) is 2. The molecule has 8 aliphatic heterocycles. The van der Waals surface area contributed by atoms with Crippen LogP contribution in [0.25, 0.3) is 51.1 Å². The van der Waals surface area contributed by atoms with E-state index in [4.69, 9.17) is 79.5 Å². The normalized spacial score (nSPS) is 19.7. The zero-order valence-corrected chi connectivity index (χ0v) is 92.7. The number of hydrogen-bond acceptors (Lipinski definition) is 38. The van der Waals surface area contributed by atoms with Crippen molar-refractivity contribution in [3.05, 3.63) is 233 Å². The number of hydrogen-bond donors (Lipinski definition) is 10. The lowest BCUT2D eigenvalue weighted by atomic mass is 9.79. The van der Waals surface area contributed by atoms with Gasteiger partial charge in [0.15, 0.2) is 30.2 Å². The SMILES string of the molecule is CC1(C)OB(c2ccc(CO)cc2)OC1(C)C.CC1(C)OB(c2ccc(COC(=O)Nc3ccc4nc(C5=N[C@@H](C(=O)O)CS5)sc4c3)cc2)OC1(C)C.CC1(C)OB(c2ccc3nc(C4=N[C@@H](C(=O)O)CS4)sc3c2)OC1(C)C.Cc1ccc(Oc2ccc3nc(C4=N[C@@H](C(=O)O)CS4)sc3c2)cc1.Nc1ccc(I)cc1.Nc1ccc2nc(C3=N[C@@H](C(=O)O)CS3)sc2c1.O=C(O)[C@H]1CSC(c2nc3ccc(O)cc3s2)=N1. The molecule has 0 unspecified atom stereocenters. The minimum absolute atomic E-state index is 0.0592. The molecule has 13 heterocycles. The number of nitrogen functional groups attached to an aromatic ring is 2. The molecular weight excluding hydrogens is 2210 g/mol. The van der Waals surface area contributed by atoms with Crippen molar-refractivity contribution in [2.75, 3.05) is 45.5 Å². The van der Waals surface area contributed by atoms with Crippen LogP contribution in [0.1, 0.15) is 125 Å². The van der Waals surface area contributed by atoms with E-state index in [-0.39, 0.29) is 48.5 Å². The Morgan fingerprint density at radius 3 is 1.05 bits per heavy atom. The lowest BCUT2D eigenvalue weighted by molar-refractivity contribution is -0.138. The highest BCUT2D eigenvalue weighted by molar-refractivity contribution is 14.1. The van der Waals surface area contributed by atoms with Crippen molar-refractivity contribution in [3.63, 3.8) is 0 Å². The highest BCUT2D eigenvalue weighted by Crippen LogP contribution is 2.43. The van der Waals surface area contributed by atoms with Gasteiger partial charge in [-0.25, -0.2) is 53.7 Å². The fourth-order valence-corrected chi connectivity index (χ4v) is 25.3. The number of anilines is 3. The van der Waals surface area contributed by atoms with Gasteiger partial charge in [0.2, 0.25) is 0 Å². The van der Waals surface area contributed by atoms with Gasteiger partial charge in [0, 0.05) is 55.5 Å². The van der Waals surface area contributed by atoms with Gasteiger partial charge in [-0.15, -0.1) is 115 Å². The summed E-state index contributed by atoms with van der Waals surface area (Å²) in [5.74, 6) is -0.535. The number of phenolic OH excluding ortho intramolecular Hbond substituents is 1. The average Bonchev–Trinajstić information content (AvgIpc) is 1.61. The van der Waals surface area contributed by atoms with Gasteiger partial charge in [-0.2, -0.15) is 0 Å². The van der Waals surface area contributed by atoms with Crippen LogP contribution in [0.2, 0.25) is 0 Å². The van der Waals surface area contributed by atoms with Gasteiger partial charge in [-0.05, 0) is 255 Å². The Kier molecular flexibility index (Phi) is 34.7. The first kappa shape index (κ1) is 111. The number of carboxylic acid groups (broad SMARTS) is 5. The Labute approximate surface area is 912 Å². The smallest absolute Gasteiger partial charge is 0.494 e. The number of fused-ring (bicyclic) bond motifs is 5. The fourth-order valence-electron chi connectivity index (χ4n) is 14.5. The van der Waals surface area contributed by atoms with Crippen molar-refractivity contribution >= 4 is 305 Å². The molecule has 22 rings (SSSR count). The summed E-state index contributed by atoms with van der Waals surface area (Å²) in [6.45, 7) is 26.5. The molecule has 0 spiro atoms. The first-order valence-electron chi connectivity index (χ1n) is 46.4. The van der Waals surface area contributed by atoms with Gasteiger partial charge in [0.05, 0.1) is 91.3 Å². The molecule has 1 amide bonds. The van der Waals surface area contributed by atoms with Crippen molar-refractivity contribution in [1.29, 1.82) is 0 Å². The van der Waals surface area contributed by atoms with Gasteiger partial charge in [-0.1, -0.05) is 72.3 Å². The number of thioether (sulfide) groups is 5. The standard InChI is InChI=1S/C25H26BN3O6S2.C18H14N2O3S2.C17H19BN2O4S2.C13H19BO3.C11H9N3O2S2.C11H8N2O3S2.C6H6IN/c1-24(2)25(3,4)35-26(34-24)15-7-5-14(6-8-15)12-33-23(32)27-16-9-10-17-19(11-16)37-21(28-17)20-29-18(13-36-20)22(30)31;1-10-2-4-11(5-3-10)23-12-6-7-13-15(8-12)25-17(19-13)16-20-14(9-24-16)18(21)22;1-16(2)17(3,4)24-18(23-16)9-5-6-10-12(7-9)26-14(19-10)13-20-11(8-25-13)15(21)22;1-12(2)13(3,4)17-14(16-12)11-7-5-10(9-15)6-8-11;12-5-1-2-6-8(3-5)18-10(13-6)9-14-7(4-17-9)11(15)16;14-5-1-2-6-8(3-5)18-10(12-6)9-13-7(4-17-9)11(15)16;7-5-1-3-6(8)4-2-5/h5-11,18H,12-13H2,1-4H3,(H,27,32)(H,30,31);2-8,14H,9H2,1H3,(H,21,22);5-7,11H,8H2,1-4H3,(H,21,22);5-8,15H,9H2,1-4H3;1-3,7H,4,12H2,(H,15,16);1-3,7,14H,4H2,(H,15,16);1-4H,8H2/t18-;14-;11-;;2*7-;/m111.11./s1. The number of aromatic hydroxyl groups is 1. The van der Waals surface area contributed by atoms with E-state index in [1.165, 1.54) is 125 Å². The van der Waals surface area contributed by atoms with Crippen LogP contribution in [0.15, 0.2) is 213 Å². The summed E-state index contributed by atoms with van der Waals surface area (Å²) in [4.78, 5) is 111. The second kappa shape index (κ2) is 46.7. The molecular formula is C101H101B3IN13O21S10. The molecule has 3 fully saturated rings. The number of aromatic nitrogens is 5. The van der Waals surface area contributed by atoms with Crippen LogP contribution >= 0.6 is 138 Å². The summed E-state index contributed by atoms with van der Waals surface area (Å²) in [5.41, 5.74) is 20.9. The van der Waals surface area contributed by atoms with E-state index >= 15 is 0 Å². The largest absolute Gasteiger partial charge is 0.508 e. The summed E-state index contributed by atoms with van der Waals surface area (Å²) in [5, 5.41) is 73.3. The highest BCUT2D eigenvalue weighted by Gasteiger charge is 2.54. The zero-order chi connectivity index (χ0) is 107. The summed E-state index contributed by atoms with van der Waals surface area (Å²) >= 11 is 16.7. The zero-order valence-electron chi connectivity index (χ0n) is 82.4. The monoisotopic (exact) mass is 2310 g/mol. The molecule has 0 bridgehead atoms. The number of aliphatic hydroxyl groups excluding tert-OH is 1. The second-order valence-corrected chi connectivity index (χ2v) is 49.0. The fraction of sp³-hybridized carbons (Fsp3) is 0.307. The number of phenols is 1. The lowest BCUT2D eigenvalue weighted by Gasteiger charge is -2.32. The number of nitrogens with one attached hydrogen (secondary N) is 1. The summed E-state index contributed by atoms with van der Waals surface area (Å²) in [6.07, 6.45) is -0.570. The van der Waals surface area contributed by atoms with Crippen LogP contribution in [0.3, 0.4) is 0 Å². The number of carboxylic acids is 5. The quantitative estimate of drug-likeness (QED) is 0.0204. The van der Waals surface area contributed by atoms with E-state index in [1.807, 2.05) is 242 Å². The number of thiazole rings is 5. The number of halogens is 1. The Balaban J connectivity index is 0.000000128. The van der Waals surface area contributed by atoms with Crippen LogP contribution in [0.5, 0.6) is 17.2 Å².